The van der Waals surface area contributed by atoms with Crippen LogP contribution in [0.5, 0.6) is 5.75 Å². The first-order valence-corrected chi connectivity index (χ1v) is 4.48. The zero-order valence-corrected chi connectivity index (χ0v) is 8.53. The topological polar surface area (TPSA) is 73.6 Å². The zero-order chi connectivity index (χ0) is 11.1. The fourth-order valence-corrected chi connectivity index (χ4v) is 1.04. The van der Waals surface area contributed by atoms with Gasteiger partial charge in [-0.15, -0.1) is 0 Å². The lowest BCUT2D eigenvalue weighted by Gasteiger charge is -2.05. The molecule has 0 atom stereocenters. The van der Waals surface area contributed by atoms with Crippen LogP contribution in [-0.2, 0) is 16.2 Å². The molecule has 0 bridgehead atoms. The summed E-state index contributed by atoms with van der Waals surface area (Å²) in [5, 5.41) is 0. The smallest absolute Gasteiger partial charge is 0.245 e. The highest BCUT2D eigenvalue weighted by Crippen LogP contribution is 2.11. The van der Waals surface area contributed by atoms with Crippen LogP contribution in [0.25, 0.3) is 0 Å². The highest BCUT2D eigenvalue weighted by molar-refractivity contribution is 5.74. The van der Waals surface area contributed by atoms with Crippen molar-refractivity contribution in [3.05, 3.63) is 29.8 Å². The van der Waals surface area contributed by atoms with Gasteiger partial charge in [0.15, 0.2) is 0 Å². The summed E-state index contributed by atoms with van der Waals surface area (Å²) < 4.78 is 5.06. The fourth-order valence-electron chi connectivity index (χ4n) is 1.04. The monoisotopic (exact) mass is 210 g/mol. The first kappa shape index (κ1) is 11.5. The summed E-state index contributed by atoms with van der Waals surface area (Å²) >= 11 is 0. The van der Waals surface area contributed by atoms with E-state index < -0.39 is 5.91 Å². The number of carbonyl (C=O) groups excluding carboxylic acids is 1. The van der Waals surface area contributed by atoms with Crippen LogP contribution in [0.3, 0.4) is 0 Å². The van der Waals surface area contributed by atoms with E-state index in [9.17, 15) is 4.79 Å². The molecule has 0 saturated heterocycles. The molecule has 1 aromatic rings. The highest BCUT2D eigenvalue weighted by Gasteiger charge is 1.97. The van der Waals surface area contributed by atoms with E-state index in [0.29, 0.717) is 6.54 Å². The molecular formula is C10H14N2O3. The van der Waals surface area contributed by atoms with Gasteiger partial charge in [-0.2, -0.15) is 5.48 Å². The number of nitrogens with one attached hydrogen (secondary N) is 1. The van der Waals surface area contributed by atoms with E-state index in [1.807, 2.05) is 24.3 Å². The number of amides is 1. The van der Waals surface area contributed by atoms with Crippen LogP contribution in [0.15, 0.2) is 24.3 Å². The van der Waals surface area contributed by atoms with Crippen LogP contribution >= 0.6 is 0 Å². The molecule has 0 fully saturated rings. The van der Waals surface area contributed by atoms with Gasteiger partial charge >= 0.3 is 0 Å². The van der Waals surface area contributed by atoms with Gasteiger partial charge in [0.2, 0.25) is 5.91 Å². The average Bonchev–Trinajstić information content (AvgIpc) is 2.24. The van der Waals surface area contributed by atoms with Gasteiger partial charge in [0.25, 0.3) is 0 Å². The van der Waals surface area contributed by atoms with Crippen molar-refractivity contribution >= 4 is 5.91 Å². The Hall–Kier alpha value is -1.59. The third-order valence-electron chi connectivity index (χ3n) is 1.73. The molecule has 0 radical (unpaired) electrons. The van der Waals surface area contributed by atoms with Gasteiger partial charge in [-0.05, 0) is 17.7 Å². The maximum Gasteiger partial charge on any atom is 0.245 e. The van der Waals surface area contributed by atoms with Crippen LogP contribution in [0.4, 0.5) is 0 Å². The first-order chi connectivity index (χ1) is 7.22. The van der Waals surface area contributed by atoms with Crippen molar-refractivity contribution in [3.63, 3.8) is 0 Å². The van der Waals surface area contributed by atoms with E-state index >= 15 is 0 Å². The third kappa shape index (κ3) is 4.44. The summed E-state index contributed by atoms with van der Waals surface area (Å²) in [6.45, 7) is 0.356. The van der Waals surface area contributed by atoms with Crippen LogP contribution in [0, 0.1) is 0 Å². The molecule has 0 aromatic heterocycles. The summed E-state index contributed by atoms with van der Waals surface area (Å²) in [4.78, 5) is 15.2. The highest BCUT2D eigenvalue weighted by atomic mass is 16.6. The van der Waals surface area contributed by atoms with E-state index in [1.165, 1.54) is 0 Å². The molecule has 0 saturated carbocycles. The minimum absolute atomic E-state index is 0.135. The second-order valence-electron chi connectivity index (χ2n) is 2.93. The number of benzene rings is 1. The number of hydrogen-bond donors (Lipinski definition) is 2. The number of methoxy groups -OCH3 is 1. The van der Waals surface area contributed by atoms with Gasteiger partial charge in [-0.25, -0.2) is 0 Å². The largest absolute Gasteiger partial charge is 0.497 e. The number of primary amides is 1. The molecule has 5 heteroatoms. The number of hydroxylamine groups is 1. The predicted molar refractivity (Wildman–Crippen MR) is 55.0 cm³/mol. The van der Waals surface area contributed by atoms with E-state index in [-0.39, 0.29) is 6.61 Å². The summed E-state index contributed by atoms with van der Waals surface area (Å²) in [7, 11) is 1.61. The standard InChI is InChI=1S/C10H14N2O3/c1-14-9-4-2-3-8(5-9)6-12-15-7-10(11)13/h2-5,12H,6-7H2,1H3,(H2,11,13). The van der Waals surface area contributed by atoms with Crippen molar-refractivity contribution in [2.75, 3.05) is 13.7 Å². The van der Waals surface area contributed by atoms with E-state index in [2.05, 4.69) is 5.48 Å². The number of carbonyl (C=O) groups is 1. The normalized spacial score (nSPS) is 9.93. The van der Waals surface area contributed by atoms with Crippen molar-refractivity contribution in [2.45, 2.75) is 6.54 Å². The Morgan fingerprint density at radius 3 is 3.00 bits per heavy atom. The SMILES string of the molecule is COc1cccc(CNOCC(N)=O)c1. The van der Waals surface area contributed by atoms with Gasteiger partial charge in [0, 0.05) is 6.54 Å². The summed E-state index contributed by atoms with van der Waals surface area (Å²) in [6.07, 6.45) is 0. The van der Waals surface area contributed by atoms with E-state index in [0.717, 1.165) is 11.3 Å². The van der Waals surface area contributed by atoms with E-state index in [4.69, 9.17) is 15.3 Å². The lowest BCUT2D eigenvalue weighted by atomic mass is 10.2. The molecule has 0 spiro atoms. The summed E-state index contributed by atoms with van der Waals surface area (Å²) in [6, 6.07) is 7.53. The molecule has 15 heavy (non-hydrogen) atoms. The second-order valence-corrected chi connectivity index (χ2v) is 2.93. The Labute approximate surface area is 88.1 Å². The van der Waals surface area contributed by atoms with Gasteiger partial charge < -0.3 is 10.5 Å². The van der Waals surface area contributed by atoms with E-state index in [1.54, 1.807) is 7.11 Å². The zero-order valence-electron chi connectivity index (χ0n) is 8.53. The van der Waals surface area contributed by atoms with Crippen LogP contribution < -0.4 is 16.0 Å². The van der Waals surface area contributed by atoms with Crippen molar-refractivity contribution in [2.24, 2.45) is 5.73 Å². The summed E-state index contributed by atoms with van der Waals surface area (Å²) in [5.41, 5.74) is 8.52. The quantitative estimate of drug-likeness (QED) is 0.519. The predicted octanol–water partition coefficient (Wildman–Crippen LogP) is 0.202. The number of ether oxygens (including phenoxy) is 1. The molecule has 0 unspecified atom stereocenters. The minimum Gasteiger partial charge on any atom is -0.497 e. The van der Waals surface area contributed by atoms with Crippen molar-refractivity contribution in [1.82, 2.24) is 5.48 Å². The molecule has 5 nitrogen and oxygen atoms in total. The van der Waals surface area contributed by atoms with Gasteiger partial charge in [-0.1, -0.05) is 12.1 Å². The fraction of sp³-hybridized carbons (Fsp3) is 0.300. The number of rotatable bonds is 6. The van der Waals surface area contributed by atoms with Gasteiger partial charge in [-0.3, -0.25) is 9.63 Å². The van der Waals surface area contributed by atoms with Crippen molar-refractivity contribution in [1.29, 1.82) is 0 Å². The van der Waals surface area contributed by atoms with Crippen LogP contribution in [0.2, 0.25) is 0 Å². The number of nitrogens with two attached hydrogens (primary N) is 1. The third-order valence-corrected chi connectivity index (χ3v) is 1.73. The van der Waals surface area contributed by atoms with Gasteiger partial charge in [0.05, 0.1) is 7.11 Å². The second kappa shape index (κ2) is 6.00. The molecule has 0 aliphatic carbocycles. The molecule has 1 rings (SSSR count). The van der Waals surface area contributed by atoms with Crippen LogP contribution in [-0.4, -0.2) is 19.6 Å². The molecular weight excluding hydrogens is 196 g/mol. The Morgan fingerprint density at radius 2 is 2.33 bits per heavy atom. The molecule has 0 aliphatic rings. The lowest BCUT2D eigenvalue weighted by molar-refractivity contribution is -0.125. The van der Waals surface area contributed by atoms with Crippen LogP contribution in [0.1, 0.15) is 5.56 Å². The minimum atomic E-state index is -0.506. The molecule has 0 aliphatic heterocycles. The molecule has 0 heterocycles. The lowest BCUT2D eigenvalue weighted by Crippen LogP contribution is -2.24. The van der Waals surface area contributed by atoms with Gasteiger partial charge in [0.1, 0.15) is 12.4 Å². The first-order valence-electron chi connectivity index (χ1n) is 4.48. The Kier molecular flexibility index (Phi) is 4.59. The Morgan fingerprint density at radius 1 is 1.53 bits per heavy atom. The van der Waals surface area contributed by atoms with Crippen molar-refractivity contribution in [3.8, 4) is 5.75 Å². The Balaban J connectivity index is 2.33. The Bertz CT molecular complexity index is 328. The van der Waals surface area contributed by atoms with Crippen molar-refractivity contribution < 1.29 is 14.4 Å². The molecule has 1 aromatic carbocycles. The average molecular weight is 210 g/mol. The maximum atomic E-state index is 10.3. The number of hydrogen-bond acceptors (Lipinski definition) is 4. The molecule has 1 amide bonds. The summed E-state index contributed by atoms with van der Waals surface area (Å²) in [5.74, 6) is 0.275. The molecule has 3 N–H and O–H groups in total. The maximum absolute atomic E-state index is 10.3. The molecule has 82 valence electrons.